The number of nitrogens with zero attached hydrogens (tertiary/aromatic N) is 1. The van der Waals surface area contributed by atoms with Crippen LogP contribution < -0.4 is 10.2 Å². The van der Waals surface area contributed by atoms with Crippen molar-refractivity contribution in [3.05, 3.63) is 155 Å². The highest BCUT2D eigenvalue weighted by atomic mass is 35.5. The Hall–Kier alpha value is -4.67. The summed E-state index contributed by atoms with van der Waals surface area (Å²) in [5.41, 5.74) is 6.39. The molecule has 1 amide bonds. The van der Waals surface area contributed by atoms with Gasteiger partial charge >= 0.3 is 0 Å². The van der Waals surface area contributed by atoms with E-state index in [1.807, 2.05) is 97.1 Å². The van der Waals surface area contributed by atoms with Gasteiger partial charge in [0.15, 0.2) is 5.78 Å². The van der Waals surface area contributed by atoms with Gasteiger partial charge < -0.3 is 10.2 Å². The van der Waals surface area contributed by atoms with Crippen LogP contribution in [0.1, 0.15) is 40.2 Å². The Morgan fingerprint density at radius 2 is 1.30 bits per heavy atom. The fourth-order valence-corrected chi connectivity index (χ4v) is 6.51. The first-order valence-electron chi connectivity index (χ1n) is 15.2. The molecule has 5 aromatic carbocycles. The van der Waals surface area contributed by atoms with Crippen LogP contribution in [0.25, 0.3) is 11.1 Å². The van der Waals surface area contributed by atoms with Crippen molar-refractivity contribution < 1.29 is 9.59 Å². The third-order valence-electron chi connectivity index (χ3n) is 8.55. The van der Waals surface area contributed by atoms with E-state index in [2.05, 4.69) is 46.6 Å². The number of nitrogens with one attached hydrogen (secondary N) is 1. The fourth-order valence-electron chi connectivity index (χ4n) is 6.28. The number of halogens is 1. The molecule has 1 atom stereocenters. The van der Waals surface area contributed by atoms with Gasteiger partial charge in [-0.2, -0.15) is 0 Å². The quantitative estimate of drug-likeness (QED) is 0.172. The van der Waals surface area contributed by atoms with Crippen molar-refractivity contribution in [1.29, 1.82) is 0 Å². The first-order valence-corrected chi connectivity index (χ1v) is 15.6. The highest BCUT2D eigenvalue weighted by Crippen LogP contribution is 2.36. The van der Waals surface area contributed by atoms with Crippen LogP contribution in [0.15, 0.2) is 133 Å². The Bertz CT molecular complexity index is 1710. The molecule has 1 fully saturated rings. The number of carbonyl (C=O) groups is 2. The molecule has 1 aliphatic rings. The number of hydrogen-bond acceptors (Lipinski definition) is 3. The number of hydrogen-bond donors (Lipinski definition) is 1. The van der Waals surface area contributed by atoms with Crippen LogP contribution in [0.5, 0.6) is 0 Å². The molecular formula is C39H35ClN2O2. The van der Waals surface area contributed by atoms with Crippen LogP contribution in [-0.4, -0.2) is 24.8 Å². The monoisotopic (exact) mass is 598 g/mol. The number of amides is 1. The summed E-state index contributed by atoms with van der Waals surface area (Å²) < 4.78 is 0. The van der Waals surface area contributed by atoms with Gasteiger partial charge in [0.2, 0.25) is 5.91 Å². The standard InChI is InChI=1S/C39H35ClN2O2/c40-36-18-10-9-16-34(36)33-15-7-8-17-35(33)37(43)27-28-19-21-32(22-20-28)42-25-23-30(24-26-42)38(29-11-3-1-4-12-29)39(44)41-31-13-5-2-6-14-31/h1-22,30,38H,23-27H2,(H,41,44). The Morgan fingerprint density at radius 1 is 0.705 bits per heavy atom. The van der Waals surface area contributed by atoms with E-state index in [0.717, 1.165) is 59.6 Å². The van der Waals surface area contributed by atoms with Gasteiger partial charge in [-0.15, -0.1) is 0 Å². The minimum atomic E-state index is -0.208. The molecule has 44 heavy (non-hydrogen) atoms. The van der Waals surface area contributed by atoms with Gasteiger partial charge in [0.25, 0.3) is 0 Å². The maximum Gasteiger partial charge on any atom is 0.232 e. The Balaban J connectivity index is 1.11. The van der Waals surface area contributed by atoms with Crippen molar-refractivity contribution >= 4 is 34.7 Å². The summed E-state index contributed by atoms with van der Waals surface area (Å²) in [6.45, 7) is 1.74. The summed E-state index contributed by atoms with van der Waals surface area (Å²) in [5, 5.41) is 3.78. The summed E-state index contributed by atoms with van der Waals surface area (Å²) in [6.07, 6.45) is 2.15. The zero-order chi connectivity index (χ0) is 30.3. The SMILES string of the molecule is O=C(Cc1ccc(N2CCC(C(C(=O)Nc3ccccc3)c3ccccc3)CC2)cc1)c1ccccc1-c1ccccc1Cl. The fraction of sp³-hybridized carbons (Fsp3) is 0.179. The van der Waals surface area contributed by atoms with Crippen molar-refractivity contribution in [2.45, 2.75) is 25.2 Å². The summed E-state index contributed by atoms with van der Waals surface area (Å²) in [5.74, 6) is 0.147. The number of Topliss-reactive ketones (excluding diaryl/α,β-unsaturated/α-hetero) is 1. The maximum atomic E-state index is 13.6. The van der Waals surface area contributed by atoms with Crippen molar-refractivity contribution in [2.24, 2.45) is 5.92 Å². The molecule has 0 aromatic heterocycles. The molecule has 0 saturated carbocycles. The van der Waals surface area contributed by atoms with Crippen LogP contribution in [0.4, 0.5) is 11.4 Å². The maximum absolute atomic E-state index is 13.6. The molecule has 1 N–H and O–H groups in total. The lowest BCUT2D eigenvalue weighted by Gasteiger charge is -2.37. The third-order valence-corrected chi connectivity index (χ3v) is 8.88. The van der Waals surface area contributed by atoms with Crippen molar-refractivity contribution in [1.82, 2.24) is 0 Å². The van der Waals surface area contributed by atoms with Crippen molar-refractivity contribution in [2.75, 3.05) is 23.3 Å². The molecule has 0 bridgehead atoms. The largest absolute Gasteiger partial charge is 0.372 e. The number of ketones is 1. The predicted octanol–water partition coefficient (Wildman–Crippen LogP) is 9.07. The van der Waals surface area contributed by atoms with E-state index in [4.69, 9.17) is 11.6 Å². The zero-order valence-corrected chi connectivity index (χ0v) is 25.3. The number of rotatable bonds is 9. The molecule has 0 radical (unpaired) electrons. The first kappa shape index (κ1) is 29.4. The van der Waals surface area contributed by atoms with E-state index in [0.29, 0.717) is 17.0 Å². The smallest absolute Gasteiger partial charge is 0.232 e. The number of benzene rings is 5. The molecule has 1 aliphatic heterocycles. The first-order chi connectivity index (χ1) is 21.6. The Kier molecular flexibility index (Phi) is 9.19. The Labute approximate surface area is 264 Å². The van der Waals surface area contributed by atoms with Crippen LogP contribution in [0, 0.1) is 5.92 Å². The highest BCUT2D eigenvalue weighted by Gasteiger charge is 2.33. The van der Waals surface area contributed by atoms with Gasteiger partial charge in [-0.3, -0.25) is 9.59 Å². The van der Waals surface area contributed by atoms with E-state index in [-0.39, 0.29) is 23.5 Å². The Morgan fingerprint density at radius 3 is 1.98 bits per heavy atom. The second-order valence-corrected chi connectivity index (χ2v) is 11.8. The number of para-hydroxylation sites is 1. The van der Waals surface area contributed by atoms with Crippen molar-refractivity contribution in [3.63, 3.8) is 0 Å². The van der Waals surface area contributed by atoms with Gasteiger partial charge in [0, 0.05) is 47.0 Å². The highest BCUT2D eigenvalue weighted by molar-refractivity contribution is 6.33. The second-order valence-electron chi connectivity index (χ2n) is 11.4. The van der Waals surface area contributed by atoms with Gasteiger partial charge in [-0.05, 0) is 65.8 Å². The average molecular weight is 599 g/mol. The lowest BCUT2D eigenvalue weighted by atomic mass is 9.79. The lowest BCUT2D eigenvalue weighted by molar-refractivity contribution is -0.118. The van der Waals surface area contributed by atoms with Crippen LogP contribution in [0.2, 0.25) is 5.02 Å². The van der Waals surface area contributed by atoms with Gasteiger partial charge in [0.1, 0.15) is 0 Å². The molecule has 4 nitrogen and oxygen atoms in total. The van der Waals surface area contributed by atoms with E-state index < -0.39 is 0 Å². The van der Waals surface area contributed by atoms with Gasteiger partial charge in [-0.1, -0.05) is 115 Å². The van der Waals surface area contributed by atoms with Gasteiger partial charge in [0.05, 0.1) is 5.92 Å². The van der Waals surface area contributed by atoms with Crippen LogP contribution >= 0.6 is 11.6 Å². The third kappa shape index (κ3) is 6.77. The minimum Gasteiger partial charge on any atom is -0.372 e. The summed E-state index contributed by atoms with van der Waals surface area (Å²) in [7, 11) is 0. The van der Waals surface area contributed by atoms with E-state index in [9.17, 15) is 9.59 Å². The molecule has 0 aliphatic carbocycles. The lowest BCUT2D eigenvalue weighted by Crippen LogP contribution is -2.38. The molecule has 6 rings (SSSR count). The predicted molar refractivity (Wildman–Crippen MR) is 181 cm³/mol. The van der Waals surface area contributed by atoms with Crippen LogP contribution in [-0.2, 0) is 11.2 Å². The zero-order valence-electron chi connectivity index (χ0n) is 24.5. The average Bonchev–Trinajstić information content (AvgIpc) is 3.07. The van der Waals surface area contributed by atoms with Crippen LogP contribution in [0.3, 0.4) is 0 Å². The molecule has 0 spiro atoms. The molecule has 5 heteroatoms. The number of anilines is 2. The van der Waals surface area contributed by atoms with Crippen molar-refractivity contribution in [3.8, 4) is 11.1 Å². The minimum absolute atomic E-state index is 0.0472. The summed E-state index contributed by atoms with van der Waals surface area (Å²) >= 11 is 6.46. The second kappa shape index (κ2) is 13.7. The number of carbonyl (C=O) groups excluding carboxylic acids is 2. The number of piperidine rings is 1. The van der Waals surface area contributed by atoms with Gasteiger partial charge in [-0.25, -0.2) is 0 Å². The molecule has 1 unspecified atom stereocenters. The summed E-state index contributed by atoms with van der Waals surface area (Å²) in [4.78, 5) is 29.3. The molecule has 1 saturated heterocycles. The molecule has 220 valence electrons. The normalized spacial score (nSPS) is 14.2. The molecule has 5 aromatic rings. The topological polar surface area (TPSA) is 49.4 Å². The molecule has 1 heterocycles. The van der Waals surface area contributed by atoms with E-state index >= 15 is 0 Å². The van der Waals surface area contributed by atoms with E-state index in [1.54, 1.807) is 0 Å². The molecular weight excluding hydrogens is 564 g/mol. The van der Waals surface area contributed by atoms with E-state index in [1.165, 1.54) is 0 Å². The summed E-state index contributed by atoms with van der Waals surface area (Å²) in [6, 6.07) is 43.4.